The van der Waals surface area contributed by atoms with Crippen LogP contribution in [0.25, 0.3) is 0 Å². The Morgan fingerprint density at radius 1 is 1.27 bits per heavy atom. The van der Waals surface area contributed by atoms with E-state index in [0.29, 0.717) is 24.4 Å². The summed E-state index contributed by atoms with van der Waals surface area (Å²) in [5, 5.41) is 0.190. The Balaban J connectivity index is 2.05. The van der Waals surface area contributed by atoms with Gasteiger partial charge in [-0.1, -0.05) is 19.8 Å². The lowest BCUT2D eigenvalue weighted by atomic mass is 9.93. The van der Waals surface area contributed by atoms with Gasteiger partial charge in [0.25, 0.3) is 0 Å². The van der Waals surface area contributed by atoms with E-state index in [1.165, 1.54) is 25.7 Å². The van der Waals surface area contributed by atoms with Crippen LogP contribution in [-0.2, 0) is 4.79 Å². The molecule has 0 N–H and O–H groups in total. The zero-order valence-electron chi connectivity index (χ0n) is 9.42. The molecule has 2 aliphatic carbocycles. The molecule has 2 rings (SSSR count). The monoisotopic (exact) mass is 229 g/mol. The zero-order chi connectivity index (χ0) is 10.8. The molecule has 2 fully saturated rings. The van der Waals surface area contributed by atoms with E-state index >= 15 is 0 Å². The lowest BCUT2D eigenvalue weighted by Crippen LogP contribution is -2.47. The normalized spacial score (nSPS) is 31.3. The molecule has 0 spiro atoms. The molecule has 86 valence electrons. The van der Waals surface area contributed by atoms with Crippen LogP contribution in [-0.4, -0.2) is 28.3 Å². The van der Waals surface area contributed by atoms with E-state index in [1.807, 2.05) is 6.92 Å². The zero-order valence-corrected chi connectivity index (χ0v) is 10.2. The second-order valence-electron chi connectivity index (χ2n) is 4.75. The van der Waals surface area contributed by atoms with Crippen molar-refractivity contribution < 1.29 is 4.79 Å². The lowest BCUT2D eigenvalue weighted by Gasteiger charge is -2.37. The van der Waals surface area contributed by atoms with Gasteiger partial charge in [-0.05, 0) is 25.7 Å². The molecule has 1 amide bonds. The van der Waals surface area contributed by atoms with E-state index in [0.717, 1.165) is 12.8 Å². The molecular formula is C12H20ClNO. The first-order chi connectivity index (χ1) is 7.24. The van der Waals surface area contributed by atoms with Crippen LogP contribution >= 0.6 is 11.6 Å². The van der Waals surface area contributed by atoms with Crippen LogP contribution in [0, 0.1) is 0 Å². The standard InChI is InChI=1S/C12H20ClNO/c1-2-12(15)14(9-7-8-9)11-6-4-3-5-10(11)13/h9-11H,2-8H2,1H3. The molecule has 0 aromatic carbocycles. The molecule has 2 atom stereocenters. The van der Waals surface area contributed by atoms with Gasteiger partial charge in [0.1, 0.15) is 0 Å². The lowest BCUT2D eigenvalue weighted by molar-refractivity contribution is -0.134. The van der Waals surface area contributed by atoms with Crippen molar-refractivity contribution in [2.75, 3.05) is 0 Å². The molecule has 0 aromatic rings. The number of nitrogens with zero attached hydrogens (tertiary/aromatic N) is 1. The molecule has 0 aliphatic heterocycles. The Bertz CT molecular complexity index is 240. The van der Waals surface area contributed by atoms with E-state index < -0.39 is 0 Å². The first-order valence-electron chi connectivity index (χ1n) is 6.19. The van der Waals surface area contributed by atoms with Crippen LogP contribution in [0.4, 0.5) is 0 Å². The SMILES string of the molecule is CCC(=O)N(C1CC1)C1CCCCC1Cl. The molecule has 2 unspecified atom stereocenters. The highest BCUT2D eigenvalue weighted by molar-refractivity contribution is 6.21. The molecule has 0 aromatic heterocycles. The Kier molecular flexibility index (Phi) is 3.55. The van der Waals surface area contributed by atoms with Crippen molar-refractivity contribution in [2.24, 2.45) is 0 Å². The average molecular weight is 230 g/mol. The van der Waals surface area contributed by atoms with Gasteiger partial charge in [-0.2, -0.15) is 0 Å². The molecule has 0 bridgehead atoms. The highest BCUT2D eigenvalue weighted by Crippen LogP contribution is 2.36. The van der Waals surface area contributed by atoms with Crippen LogP contribution in [0.3, 0.4) is 0 Å². The van der Waals surface area contributed by atoms with Crippen LogP contribution < -0.4 is 0 Å². The van der Waals surface area contributed by atoms with Crippen LogP contribution in [0.1, 0.15) is 51.9 Å². The van der Waals surface area contributed by atoms with E-state index in [9.17, 15) is 4.79 Å². The van der Waals surface area contributed by atoms with Gasteiger partial charge >= 0.3 is 0 Å². The smallest absolute Gasteiger partial charge is 0.222 e. The molecule has 0 radical (unpaired) electrons. The number of carbonyl (C=O) groups excluding carboxylic acids is 1. The molecule has 0 heterocycles. The van der Waals surface area contributed by atoms with Gasteiger partial charge < -0.3 is 4.90 Å². The second-order valence-corrected chi connectivity index (χ2v) is 5.31. The minimum Gasteiger partial charge on any atom is -0.335 e. The van der Waals surface area contributed by atoms with Gasteiger partial charge in [0.2, 0.25) is 5.91 Å². The number of alkyl halides is 1. The molecular weight excluding hydrogens is 210 g/mol. The van der Waals surface area contributed by atoms with Gasteiger partial charge in [-0.15, -0.1) is 11.6 Å². The predicted octanol–water partition coefficient (Wildman–Crippen LogP) is 2.94. The van der Waals surface area contributed by atoms with Crippen molar-refractivity contribution in [2.45, 2.75) is 69.3 Å². The third-order valence-corrected chi connectivity index (χ3v) is 4.04. The predicted molar refractivity (Wildman–Crippen MR) is 62.1 cm³/mol. The van der Waals surface area contributed by atoms with Crippen molar-refractivity contribution in [3.8, 4) is 0 Å². The number of rotatable bonds is 3. The van der Waals surface area contributed by atoms with Crippen molar-refractivity contribution in [1.29, 1.82) is 0 Å². The van der Waals surface area contributed by atoms with Crippen molar-refractivity contribution >= 4 is 17.5 Å². The van der Waals surface area contributed by atoms with Crippen LogP contribution in [0.15, 0.2) is 0 Å². The number of hydrogen-bond donors (Lipinski definition) is 0. The summed E-state index contributed by atoms with van der Waals surface area (Å²) in [6, 6.07) is 0.835. The van der Waals surface area contributed by atoms with Gasteiger partial charge in [0, 0.05) is 18.5 Å². The van der Waals surface area contributed by atoms with Gasteiger partial charge in [-0.3, -0.25) is 4.79 Å². The topological polar surface area (TPSA) is 20.3 Å². The number of hydrogen-bond acceptors (Lipinski definition) is 1. The summed E-state index contributed by atoms with van der Waals surface area (Å²) in [4.78, 5) is 14.0. The fraction of sp³-hybridized carbons (Fsp3) is 0.917. The highest BCUT2D eigenvalue weighted by atomic mass is 35.5. The van der Waals surface area contributed by atoms with Crippen molar-refractivity contribution in [1.82, 2.24) is 4.90 Å². The minimum absolute atomic E-state index is 0.190. The second kappa shape index (κ2) is 4.73. The number of halogens is 1. The maximum Gasteiger partial charge on any atom is 0.222 e. The third kappa shape index (κ3) is 2.47. The van der Waals surface area contributed by atoms with E-state index in [4.69, 9.17) is 11.6 Å². The minimum atomic E-state index is 0.190. The molecule has 2 aliphatic rings. The van der Waals surface area contributed by atoms with Gasteiger partial charge in [-0.25, -0.2) is 0 Å². The third-order valence-electron chi connectivity index (χ3n) is 3.54. The Hall–Kier alpha value is -0.240. The average Bonchev–Trinajstić information content (AvgIpc) is 3.05. The molecule has 3 heteroatoms. The maximum atomic E-state index is 11.9. The summed E-state index contributed by atoms with van der Waals surface area (Å²) in [5.41, 5.74) is 0. The van der Waals surface area contributed by atoms with Gasteiger partial charge in [0.15, 0.2) is 0 Å². The Labute approximate surface area is 97.0 Å². The maximum absolute atomic E-state index is 11.9. The van der Waals surface area contributed by atoms with Crippen molar-refractivity contribution in [3.05, 3.63) is 0 Å². The van der Waals surface area contributed by atoms with E-state index in [1.54, 1.807) is 0 Å². The summed E-state index contributed by atoms with van der Waals surface area (Å²) in [7, 11) is 0. The molecule has 2 saturated carbocycles. The molecule has 15 heavy (non-hydrogen) atoms. The summed E-state index contributed by atoms with van der Waals surface area (Å²) in [6.45, 7) is 1.95. The first-order valence-corrected chi connectivity index (χ1v) is 6.63. The summed E-state index contributed by atoms with van der Waals surface area (Å²) in [6.07, 6.45) is 7.63. The van der Waals surface area contributed by atoms with Crippen LogP contribution in [0.2, 0.25) is 0 Å². The van der Waals surface area contributed by atoms with E-state index in [2.05, 4.69) is 4.90 Å². The van der Waals surface area contributed by atoms with E-state index in [-0.39, 0.29) is 5.38 Å². The largest absolute Gasteiger partial charge is 0.335 e. The summed E-state index contributed by atoms with van der Waals surface area (Å²) < 4.78 is 0. The fourth-order valence-corrected chi connectivity index (χ4v) is 2.98. The van der Waals surface area contributed by atoms with Crippen LogP contribution in [0.5, 0.6) is 0 Å². The summed E-state index contributed by atoms with van der Waals surface area (Å²) >= 11 is 6.36. The number of amides is 1. The highest BCUT2D eigenvalue weighted by Gasteiger charge is 2.39. The van der Waals surface area contributed by atoms with Crippen molar-refractivity contribution in [3.63, 3.8) is 0 Å². The summed E-state index contributed by atoms with van der Waals surface area (Å²) in [5.74, 6) is 0.301. The quantitative estimate of drug-likeness (QED) is 0.682. The molecule has 0 saturated heterocycles. The fourth-order valence-electron chi connectivity index (χ4n) is 2.57. The Morgan fingerprint density at radius 3 is 2.47 bits per heavy atom. The van der Waals surface area contributed by atoms with Gasteiger partial charge in [0.05, 0.1) is 5.38 Å². The molecule has 2 nitrogen and oxygen atoms in total. The Morgan fingerprint density at radius 2 is 1.93 bits per heavy atom. The first kappa shape index (κ1) is 11.3. The number of carbonyl (C=O) groups is 1.